The van der Waals surface area contributed by atoms with Gasteiger partial charge in [-0.05, 0) is 53.8 Å². The first-order valence-corrected chi connectivity index (χ1v) is 11.1. The van der Waals surface area contributed by atoms with Gasteiger partial charge in [0.2, 0.25) is 5.91 Å². The number of carbonyl (C=O) groups is 2. The summed E-state index contributed by atoms with van der Waals surface area (Å²) in [6.45, 7) is 7.91. The van der Waals surface area contributed by atoms with Crippen LogP contribution < -0.4 is 9.64 Å². The van der Waals surface area contributed by atoms with Crippen molar-refractivity contribution < 1.29 is 27.5 Å². The van der Waals surface area contributed by atoms with E-state index in [1.807, 2.05) is 26.0 Å². The van der Waals surface area contributed by atoms with Crippen LogP contribution >= 0.6 is 0 Å². The summed E-state index contributed by atoms with van der Waals surface area (Å²) in [6, 6.07) is 11.8. The minimum Gasteiger partial charge on any atom is -0.490 e. The van der Waals surface area contributed by atoms with E-state index >= 15 is 0 Å². The lowest BCUT2D eigenvalue weighted by molar-refractivity contribution is -0.137. The number of anilines is 1. The van der Waals surface area contributed by atoms with Gasteiger partial charge in [-0.25, -0.2) is 0 Å². The zero-order valence-electron chi connectivity index (χ0n) is 19.1. The van der Waals surface area contributed by atoms with E-state index in [1.54, 1.807) is 18.2 Å². The fourth-order valence-corrected chi connectivity index (χ4v) is 4.75. The van der Waals surface area contributed by atoms with Crippen LogP contribution in [0, 0.1) is 5.41 Å². The van der Waals surface area contributed by atoms with Crippen molar-refractivity contribution in [1.29, 1.82) is 0 Å². The zero-order valence-corrected chi connectivity index (χ0v) is 19.1. The number of Topliss-reactive ketones (excluding diaryl/α,β-unsaturated/α-hetero) is 1. The molecule has 4 nitrogen and oxygen atoms in total. The second-order valence-corrected chi connectivity index (χ2v) is 9.50. The molecule has 178 valence electrons. The van der Waals surface area contributed by atoms with Gasteiger partial charge in [-0.1, -0.05) is 38.6 Å². The number of hydrogen-bond acceptors (Lipinski definition) is 3. The van der Waals surface area contributed by atoms with Crippen molar-refractivity contribution in [3.63, 3.8) is 0 Å². The van der Waals surface area contributed by atoms with Crippen molar-refractivity contribution >= 4 is 17.4 Å². The molecule has 1 aliphatic heterocycles. The molecular formula is C27H26F3NO3. The average Bonchev–Trinajstić information content (AvgIpc) is 2.76. The Morgan fingerprint density at radius 2 is 1.71 bits per heavy atom. The van der Waals surface area contributed by atoms with Crippen LogP contribution in [0.15, 0.2) is 72.5 Å². The lowest BCUT2D eigenvalue weighted by Gasteiger charge is -2.43. The maximum absolute atomic E-state index is 13.4. The van der Waals surface area contributed by atoms with E-state index < -0.39 is 17.7 Å². The highest BCUT2D eigenvalue weighted by atomic mass is 19.4. The predicted molar refractivity (Wildman–Crippen MR) is 123 cm³/mol. The van der Waals surface area contributed by atoms with Crippen LogP contribution in [0.5, 0.6) is 5.75 Å². The van der Waals surface area contributed by atoms with E-state index in [4.69, 9.17) is 4.74 Å². The van der Waals surface area contributed by atoms with Gasteiger partial charge < -0.3 is 4.74 Å². The highest BCUT2D eigenvalue weighted by Gasteiger charge is 2.44. The number of ketones is 1. The molecule has 34 heavy (non-hydrogen) atoms. The summed E-state index contributed by atoms with van der Waals surface area (Å²) < 4.78 is 44.7. The first kappa shape index (κ1) is 23.8. The molecule has 0 saturated carbocycles. The second-order valence-electron chi connectivity index (χ2n) is 9.50. The molecular weight excluding hydrogens is 443 g/mol. The number of benzene rings is 2. The van der Waals surface area contributed by atoms with Crippen molar-refractivity contribution in [2.45, 2.75) is 45.2 Å². The number of carbonyl (C=O) groups excluding carboxylic acids is 2. The maximum Gasteiger partial charge on any atom is 0.416 e. The quantitative estimate of drug-likeness (QED) is 0.474. The Kier molecular flexibility index (Phi) is 6.14. The molecule has 0 spiro atoms. The number of amides is 1. The second kappa shape index (κ2) is 8.78. The Morgan fingerprint density at radius 3 is 2.29 bits per heavy atom. The minimum absolute atomic E-state index is 0.0346. The first-order valence-electron chi connectivity index (χ1n) is 11.1. The number of alkyl halides is 3. The summed E-state index contributed by atoms with van der Waals surface area (Å²) >= 11 is 0. The number of nitrogens with zero attached hydrogens (tertiary/aromatic N) is 1. The van der Waals surface area contributed by atoms with E-state index in [9.17, 15) is 22.8 Å². The van der Waals surface area contributed by atoms with Crippen molar-refractivity contribution in [3.8, 4) is 5.75 Å². The van der Waals surface area contributed by atoms with Crippen molar-refractivity contribution in [2.75, 3.05) is 11.5 Å². The molecule has 0 N–H and O–H groups in total. The number of rotatable bonds is 5. The van der Waals surface area contributed by atoms with Gasteiger partial charge in [0.05, 0.1) is 5.56 Å². The molecule has 2 aliphatic rings. The Hall–Kier alpha value is -3.35. The lowest BCUT2D eigenvalue weighted by Crippen LogP contribution is -2.43. The minimum atomic E-state index is -4.47. The Morgan fingerprint density at radius 1 is 1.06 bits per heavy atom. The molecule has 0 fully saturated rings. The van der Waals surface area contributed by atoms with Crippen LogP contribution in [0.25, 0.3) is 0 Å². The van der Waals surface area contributed by atoms with E-state index in [2.05, 4.69) is 6.58 Å². The Balaban J connectivity index is 1.77. The van der Waals surface area contributed by atoms with Crippen LogP contribution in [0.1, 0.15) is 50.2 Å². The molecule has 0 bridgehead atoms. The number of ether oxygens (including phenoxy) is 1. The summed E-state index contributed by atoms with van der Waals surface area (Å²) in [4.78, 5) is 28.1. The third kappa shape index (κ3) is 4.65. The summed E-state index contributed by atoms with van der Waals surface area (Å²) in [7, 11) is 0. The van der Waals surface area contributed by atoms with Gasteiger partial charge in [0, 0.05) is 35.7 Å². The van der Waals surface area contributed by atoms with Crippen LogP contribution in [-0.4, -0.2) is 18.3 Å². The summed E-state index contributed by atoms with van der Waals surface area (Å²) in [5.41, 5.74) is 1.15. The smallest absolute Gasteiger partial charge is 0.416 e. The van der Waals surface area contributed by atoms with Gasteiger partial charge in [0.1, 0.15) is 12.4 Å². The van der Waals surface area contributed by atoms with Gasteiger partial charge in [0.15, 0.2) is 5.78 Å². The molecule has 7 heteroatoms. The van der Waals surface area contributed by atoms with E-state index in [-0.39, 0.29) is 23.5 Å². The van der Waals surface area contributed by atoms with Crippen molar-refractivity contribution in [3.05, 3.63) is 83.6 Å². The van der Waals surface area contributed by atoms with Gasteiger partial charge >= 0.3 is 6.18 Å². The monoisotopic (exact) mass is 469 g/mol. The van der Waals surface area contributed by atoms with Crippen LogP contribution in [-0.2, 0) is 15.8 Å². The molecule has 1 amide bonds. The number of allylic oxidation sites excluding steroid dienone is 2. The normalized spacial score (nSPS) is 20.3. The molecule has 1 unspecified atom stereocenters. The van der Waals surface area contributed by atoms with Crippen LogP contribution in [0.3, 0.4) is 0 Å². The summed E-state index contributed by atoms with van der Waals surface area (Å²) in [6.07, 6.45) is -1.96. The average molecular weight is 470 g/mol. The standard InChI is InChI=1S/C27H26F3NO3/c1-4-13-34-20-11-5-17(6-12-20)21-14-24(33)31(19-9-7-18(8-10-19)27(28,29)30)22-15-26(2,3)16-23(32)25(21)22/h4-12,21H,1,13-16H2,2-3H3. The summed E-state index contributed by atoms with van der Waals surface area (Å²) in [5, 5.41) is 0. The summed E-state index contributed by atoms with van der Waals surface area (Å²) in [5.74, 6) is -0.0404. The van der Waals surface area contributed by atoms with Gasteiger partial charge in [-0.15, -0.1) is 0 Å². The molecule has 1 heterocycles. The van der Waals surface area contributed by atoms with Gasteiger partial charge in [-0.3, -0.25) is 14.5 Å². The first-order chi connectivity index (χ1) is 16.0. The van der Waals surface area contributed by atoms with E-state index in [0.29, 0.717) is 42.2 Å². The SMILES string of the molecule is C=CCOc1ccc(C2CC(=O)N(c3ccc(C(F)(F)F)cc3)C3=C2C(=O)CC(C)(C)C3)cc1. The molecule has 4 rings (SSSR count). The van der Waals surface area contributed by atoms with Gasteiger partial charge in [-0.2, -0.15) is 13.2 Å². The molecule has 1 atom stereocenters. The van der Waals surface area contributed by atoms with Gasteiger partial charge in [0.25, 0.3) is 0 Å². The highest BCUT2D eigenvalue weighted by molar-refractivity contribution is 6.07. The third-order valence-electron chi connectivity index (χ3n) is 6.25. The molecule has 0 aromatic heterocycles. The predicted octanol–water partition coefficient (Wildman–Crippen LogP) is 6.43. The molecule has 2 aromatic rings. The largest absolute Gasteiger partial charge is 0.490 e. The van der Waals surface area contributed by atoms with Crippen LogP contribution in [0.4, 0.5) is 18.9 Å². The van der Waals surface area contributed by atoms with E-state index in [0.717, 1.165) is 17.7 Å². The molecule has 0 saturated heterocycles. The van der Waals surface area contributed by atoms with E-state index in [1.165, 1.54) is 17.0 Å². The Labute approximate surface area is 196 Å². The van der Waals surface area contributed by atoms with Crippen LogP contribution in [0.2, 0.25) is 0 Å². The fraction of sp³-hybridized carbons (Fsp3) is 0.333. The zero-order chi connectivity index (χ0) is 24.7. The molecule has 0 radical (unpaired) electrons. The van der Waals surface area contributed by atoms with Crippen molar-refractivity contribution in [1.82, 2.24) is 0 Å². The number of halogens is 3. The van der Waals surface area contributed by atoms with Crippen molar-refractivity contribution in [2.24, 2.45) is 5.41 Å². The Bertz CT molecular complexity index is 1150. The maximum atomic E-state index is 13.4. The third-order valence-corrected chi connectivity index (χ3v) is 6.25. The highest BCUT2D eigenvalue weighted by Crippen LogP contribution is 2.48. The topological polar surface area (TPSA) is 46.6 Å². The fourth-order valence-electron chi connectivity index (χ4n) is 4.75. The lowest BCUT2D eigenvalue weighted by atomic mass is 9.69. The molecule has 2 aromatic carbocycles. The number of hydrogen-bond donors (Lipinski definition) is 0. The molecule has 1 aliphatic carbocycles.